The highest BCUT2D eigenvalue weighted by molar-refractivity contribution is 9.10. The van der Waals surface area contributed by atoms with Crippen molar-refractivity contribution in [2.45, 2.75) is 18.9 Å². The van der Waals surface area contributed by atoms with E-state index in [-0.39, 0.29) is 11.7 Å². The maximum absolute atomic E-state index is 13.6. The molecule has 5 nitrogen and oxygen atoms in total. The number of benzene rings is 1. The maximum atomic E-state index is 13.6. The normalized spacial score (nSPS) is 16.6. The minimum Gasteiger partial charge on any atom is -0.381 e. The average molecular weight is 319 g/mol. The van der Waals surface area contributed by atoms with Gasteiger partial charge < -0.3 is 10.1 Å². The molecule has 0 saturated carbocycles. The molecule has 1 N–H and O–H groups in total. The highest BCUT2D eigenvalue weighted by atomic mass is 79.9. The zero-order chi connectivity index (χ0) is 13.1. The van der Waals surface area contributed by atoms with Gasteiger partial charge in [0.15, 0.2) is 0 Å². The quantitative estimate of drug-likeness (QED) is 0.687. The van der Waals surface area contributed by atoms with Gasteiger partial charge in [0.05, 0.1) is 4.92 Å². The van der Waals surface area contributed by atoms with Crippen LogP contribution in [0.25, 0.3) is 0 Å². The van der Waals surface area contributed by atoms with Crippen LogP contribution < -0.4 is 5.32 Å². The van der Waals surface area contributed by atoms with Crippen LogP contribution in [0.1, 0.15) is 12.8 Å². The molecule has 0 aliphatic carbocycles. The van der Waals surface area contributed by atoms with E-state index in [1.54, 1.807) is 0 Å². The standard InChI is InChI=1S/C11H12BrFN2O3/c12-7-5-9(13)11(15(16)17)10(6-7)14-8-1-3-18-4-2-8/h5-6,8,14H,1-4H2. The molecule has 18 heavy (non-hydrogen) atoms. The van der Waals surface area contributed by atoms with Gasteiger partial charge in [0.25, 0.3) is 0 Å². The van der Waals surface area contributed by atoms with Crippen molar-refractivity contribution in [1.82, 2.24) is 0 Å². The number of anilines is 1. The third-order valence-corrected chi connectivity index (χ3v) is 3.25. The van der Waals surface area contributed by atoms with Gasteiger partial charge in [0.1, 0.15) is 5.69 Å². The second-order valence-electron chi connectivity index (χ2n) is 4.07. The number of rotatable bonds is 3. The van der Waals surface area contributed by atoms with E-state index in [1.165, 1.54) is 6.07 Å². The Labute approximate surface area is 112 Å². The van der Waals surface area contributed by atoms with Crippen molar-refractivity contribution in [1.29, 1.82) is 0 Å². The number of hydrogen-bond acceptors (Lipinski definition) is 4. The number of halogens is 2. The van der Waals surface area contributed by atoms with Gasteiger partial charge in [-0.2, -0.15) is 4.39 Å². The Balaban J connectivity index is 2.27. The summed E-state index contributed by atoms with van der Waals surface area (Å²) in [5.41, 5.74) is -0.302. The number of ether oxygens (including phenoxy) is 1. The molecule has 2 rings (SSSR count). The van der Waals surface area contributed by atoms with Crippen molar-refractivity contribution in [3.05, 3.63) is 32.5 Å². The van der Waals surface area contributed by atoms with Gasteiger partial charge in [-0.05, 0) is 25.0 Å². The highest BCUT2D eigenvalue weighted by Gasteiger charge is 2.24. The van der Waals surface area contributed by atoms with E-state index in [0.29, 0.717) is 17.7 Å². The molecule has 1 heterocycles. The molecule has 0 amide bonds. The van der Waals surface area contributed by atoms with E-state index in [1.807, 2.05) is 0 Å². The molecule has 0 radical (unpaired) electrons. The predicted octanol–water partition coefficient (Wildman–Crippen LogP) is 3.09. The van der Waals surface area contributed by atoms with Crippen LogP contribution in [-0.4, -0.2) is 24.2 Å². The summed E-state index contributed by atoms with van der Waals surface area (Å²) < 4.78 is 19.3. The van der Waals surface area contributed by atoms with E-state index in [0.717, 1.165) is 18.9 Å². The van der Waals surface area contributed by atoms with Gasteiger partial charge in [0.2, 0.25) is 5.82 Å². The number of nitrogens with one attached hydrogen (secondary N) is 1. The summed E-state index contributed by atoms with van der Waals surface area (Å²) >= 11 is 3.13. The van der Waals surface area contributed by atoms with Crippen LogP contribution in [0.5, 0.6) is 0 Å². The third kappa shape index (κ3) is 2.97. The minimum absolute atomic E-state index is 0.0751. The molecular formula is C11H12BrFN2O3. The van der Waals surface area contributed by atoms with Crippen molar-refractivity contribution in [2.75, 3.05) is 18.5 Å². The summed E-state index contributed by atoms with van der Waals surface area (Å²) in [7, 11) is 0. The SMILES string of the molecule is O=[N+]([O-])c1c(F)cc(Br)cc1NC1CCOCC1. The monoisotopic (exact) mass is 318 g/mol. The molecule has 98 valence electrons. The predicted molar refractivity (Wildman–Crippen MR) is 68.2 cm³/mol. The molecule has 0 unspecified atom stereocenters. The topological polar surface area (TPSA) is 64.4 Å². The Morgan fingerprint density at radius 1 is 1.44 bits per heavy atom. The first-order chi connectivity index (χ1) is 8.58. The van der Waals surface area contributed by atoms with Crippen LogP contribution in [0.3, 0.4) is 0 Å². The van der Waals surface area contributed by atoms with Gasteiger partial charge in [-0.3, -0.25) is 10.1 Å². The van der Waals surface area contributed by atoms with E-state index < -0.39 is 16.4 Å². The molecule has 1 aliphatic heterocycles. The number of hydrogen-bond donors (Lipinski definition) is 1. The summed E-state index contributed by atoms with van der Waals surface area (Å²) in [6.07, 6.45) is 1.51. The summed E-state index contributed by atoms with van der Waals surface area (Å²) in [4.78, 5) is 10.2. The molecule has 1 aromatic carbocycles. The number of nitro benzene ring substituents is 1. The van der Waals surface area contributed by atoms with Crippen molar-refractivity contribution in [3.8, 4) is 0 Å². The average Bonchev–Trinajstić information content (AvgIpc) is 2.28. The Hall–Kier alpha value is -1.21. The second-order valence-corrected chi connectivity index (χ2v) is 4.99. The van der Waals surface area contributed by atoms with Crippen LogP contribution in [0.4, 0.5) is 15.8 Å². The van der Waals surface area contributed by atoms with Crippen molar-refractivity contribution in [3.63, 3.8) is 0 Å². The molecule has 1 fully saturated rings. The smallest absolute Gasteiger partial charge is 0.327 e. The van der Waals surface area contributed by atoms with E-state index in [2.05, 4.69) is 21.2 Å². The van der Waals surface area contributed by atoms with Crippen LogP contribution in [0.2, 0.25) is 0 Å². The minimum atomic E-state index is -0.844. The lowest BCUT2D eigenvalue weighted by atomic mass is 10.1. The van der Waals surface area contributed by atoms with E-state index in [9.17, 15) is 14.5 Å². The summed E-state index contributed by atoms with van der Waals surface area (Å²) in [6.45, 7) is 1.23. The summed E-state index contributed by atoms with van der Waals surface area (Å²) in [5, 5.41) is 13.9. The fourth-order valence-corrected chi connectivity index (χ4v) is 2.35. The molecule has 0 atom stereocenters. The van der Waals surface area contributed by atoms with Crippen molar-refractivity contribution < 1.29 is 14.1 Å². The Bertz CT molecular complexity index is 464. The maximum Gasteiger partial charge on any atom is 0.327 e. The molecule has 0 spiro atoms. The zero-order valence-electron chi connectivity index (χ0n) is 9.49. The molecule has 1 aromatic rings. The van der Waals surface area contributed by atoms with E-state index in [4.69, 9.17) is 4.74 Å². The first-order valence-corrected chi connectivity index (χ1v) is 6.35. The summed E-state index contributed by atoms with van der Waals surface area (Å²) in [5.74, 6) is -0.844. The van der Waals surface area contributed by atoms with Gasteiger partial charge in [-0.15, -0.1) is 0 Å². The zero-order valence-corrected chi connectivity index (χ0v) is 11.1. The fourth-order valence-electron chi connectivity index (χ4n) is 1.92. The lowest BCUT2D eigenvalue weighted by molar-refractivity contribution is -0.386. The second kappa shape index (κ2) is 5.62. The largest absolute Gasteiger partial charge is 0.381 e. The molecule has 1 saturated heterocycles. The fraction of sp³-hybridized carbons (Fsp3) is 0.455. The van der Waals surface area contributed by atoms with Crippen LogP contribution in [-0.2, 0) is 4.74 Å². The lowest BCUT2D eigenvalue weighted by Gasteiger charge is -2.24. The Kier molecular flexibility index (Phi) is 4.13. The number of nitrogens with zero attached hydrogens (tertiary/aromatic N) is 1. The van der Waals surface area contributed by atoms with E-state index >= 15 is 0 Å². The van der Waals surface area contributed by atoms with Crippen molar-refractivity contribution in [2.24, 2.45) is 0 Å². The Morgan fingerprint density at radius 3 is 2.72 bits per heavy atom. The van der Waals surface area contributed by atoms with Crippen LogP contribution in [0, 0.1) is 15.9 Å². The van der Waals surface area contributed by atoms with Gasteiger partial charge in [0, 0.05) is 23.7 Å². The molecule has 0 aromatic heterocycles. The number of nitro groups is 1. The highest BCUT2D eigenvalue weighted by Crippen LogP contribution is 2.32. The van der Waals surface area contributed by atoms with Crippen LogP contribution in [0.15, 0.2) is 16.6 Å². The molecule has 0 bridgehead atoms. The van der Waals surface area contributed by atoms with Gasteiger partial charge in [-0.25, -0.2) is 0 Å². The van der Waals surface area contributed by atoms with Crippen LogP contribution >= 0.6 is 15.9 Å². The molecular weight excluding hydrogens is 307 g/mol. The Morgan fingerprint density at radius 2 is 2.11 bits per heavy atom. The summed E-state index contributed by atoms with van der Waals surface area (Å²) in [6, 6.07) is 2.69. The van der Waals surface area contributed by atoms with Gasteiger partial charge in [-0.1, -0.05) is 15.9 Å². The first-order valence-electron chi connectivity index (χ1n) is 5.55. The first kappa shape index (κ1) is 13.2. The lowest BCUT2D eigenvalue weighted by Crippen LogP contribution is -2.28. The van der Waals surface area contributed by atoms with Gasteiger partial charge >= 0.3 is 5.69 Å². The molecule has 1 aliphatic rings. The molecule has 7 heteroatoms. The van der Waals surface area contributed by atoms with Crippen molar-refractivity contribution >= 4 is 27.3 Å². The third-order valence-electron chi connectivity index (χ3n) is 2.79.